The van der Waals surface area contributed by atoms with E-state index in [1.165, 1.54) is 0 Å². The van der Waals surface area contributed by atoms with Crippen molar-refractivity contribution in [3.05, 3.63) is 0 Å². The minimum Gasteiger partial charge on any atom is -0.463 e. The van der Waals surface area contributed by atoms with Gasteiger partial charge < -0.3 is 14.8 Å². The molecule has 96 valence electrons. The van der Waals surface area contributed by atoms with Crippen LogP contribution in [0.2, 0.25) is 0 Å². The molecule has 0 saturated heterocycles. The predicted octanol–water partition coefficient (Wildman–Crippen LogP) is 1.73. The molecule has 0 spiro atoms. The zero-order chi connectivity index (χ0) is 12.2. The van der Waals surface area contributed by atoms with Crippen LogP contribution in [-0.4, -0.2) is 38.4 Å². The van der Waals surface area contributed by atoms with E-state index in [1.54, 1.807) is 0 Å². The first-order valence-electron chi connectivity index (χ1n) is 6.13. The van der Waals surface area contributed by atoms with E-state index in [9.17, 15) is 4.79 Å². The summed E-state index contributed by atoms with van der Waals surface area (Å²) in [5, 5.41) is 3.16. The van der Waals surface area contributed by atoms with E-state index in [-0.39, 0.29) is 5.97 Å². The topological polar surface area (TPSA) is 47.6 Å². The summed E-state index contributed by atoms with van der Waals surface area (Å²) in [7, 11) is 0. The standard InChI is InChI=1S/C12H25NO3/c1-4-5-8-15-9-10-16-12(14)6-7-13-11(2)3/h11,13H,4-10H2,1-3H3. The van der Waals surface area contributed by atoms with Crippen LogP contribution in [0.5, 0.6) is 0 Å². The lowest BCUT2D eigenvalue weighted by Crippen LogP contribution is -2.26. The molecule has 4 nitrogen and oxygen atoms in total. The first-order chi connectivity index (χ1) is 7.66. The number of hydrogen-bond acceptors (Lipinski definition) is 4. The molecule has 0 atom stereocenters. The van der Waals surface area contributed by atoms with Crippen molar-refractivity contribution in [3.63, 3.8) is 0 Å². The Morgan fingerprint density at radius 1 is 1.25 bits per heavy atom. The number of esters is 1. The Morgan fingerprint density at radius 3 is 2.62 bits per heavy atom. The van der Waals surface area contributed by atoms with Crippen LogP contribution in [0.25, 0.3) is 0 Å². The van der Waals surface area contributed by atoms with Crippen LogP contribution in [0.4, 0.5) is 0 Å². The fourth-order valence-electron chi connectivity index (χ4n) is 1.10. The third kappa shape index (κ3) is 11.5. The van der Waals surface area contributed by atoms with Gasteiger partial charge in [-0.25, -0.2) is 0 Å². The van der Waals surface area contributed by atoms with E-state index >= 15 is 0 Å². The third-order valence-corrected chi connectivity index (χ3v) is 2.01. The van der Waals surface area contributed by atoms with Gasteiger partial charge in [-0.2, -0.15) is 0 Å². The van der Waals surface area contributed by atoms with E-state index in [2.05, 4.69) is 12.2 Å². The molecule has 0 fully saturated rings. The third-order valence-electron chi connectivity index (χ3n) is 2.01. The molecule has 0 aliphatic carbocycles. The molecule has 0 aliphatic heterocycles. The molecule has 0 saturated carbocycles. The van der Waals surface area contributed by atoms with E-state index in [0.717, 1.165) is 19.4 Å². The van der Waals surface area contributed by atoms with Gasteiger partial charge in [0.15, 0.2) is 0 Å². The van der Waals surface area contributed by atoms with Gasteiger partial charge in [-0.1, -0.05) is 27.2 Å². The minimum absolute atomic E-state index is 0.160. The average molecular weight is 231 g/mol. The molecule has 16 heavy (non-hydrogen) atoms. The molecule has 0 radical (unpaired) electrons. The van der Waals surface area contributed by atoms with E-state index in [0.29, 0.717) is 32.2 Å². The van der Waals surface area contributed by atoms with Crippen molar-refractivity contribution in [1.29, 1.82) is 0 Å². The molecular weight excluding hydrogens is 206 g/mol. The molecule has 0 heterocycles. The monoisotopic (exact) mass is 231 g/mol. The second-order valence-corrected chi connectivity index (χ2v) is 4.05. The van der Waals surface area contributed by atoms with Gasteiger partial charge in [-0.15, -0.1) is 0 Å². The van der Waals surface area contributed by atoms with Gasteiger partial charge in [0, 0.05) is 19.2 Å². The van der Waals surface area contributed by atoms with E-state index in [4.69, 9.17) is 9.47 Å². The quantitative estimate of drug-likeness (QED) is 0.459. The smallest absolute Gasteiger partial charge is 0.307 e. The number of unbranched alkanes of at least 4 members (excludes halogenated alkanes) is 1. The molecule has 0 aromatic rings. The molecule has 4 heteroatoms. The van der Waals surface area contributed by atoms with E-state index in [1.807, 2.05) is 13.8 Å². The van der Waals surface area contributed by atoms with Crippen LogP contribution in [-0.2, 0) is 14.3 Å². The maximum atomic E-state index is 11.2. The number of hydrogen-bond donors (Lipinski definition) is 1. The molecule has 0 aromatic carbocycles. The molecular formula is C12H25NO3. The van der Waals surface area contributed by atoms with Gasteiger partial charge in [0.25, 0.3) is 0 Å². The highest BCUT2D eigenvalue weighted by molar-refractivity contribution is 5.69. The largest absolute Gasteiger partial charge is 0.463 e. The maximum absolute atomic E-state index is 11.2. The Labute approximate surface area is 98.7 Å². The predicted molar refractivity (Wildman–Crippen MR) is 64.4 cm³/mol. The second-order valence-electron chi connectivity index (χ2n) is 4.05. The number of nitrogens with one attached hydrogen (secondary N) is 1. The maximum Gasteiger partial charge on any atom is 0.307 e. The summed E-state index contributed by atoms with van der Waals surface area (Å²) < 4.78 is 10.3. The Bertz CT molecular complexity index is 172. The second kappa shape index (κ2) is 10.9. The van der Waals surface area contributed by atoms with Crippen LogP contribution in [0.3, 0.4) is 0 Å². The summed E-state index contributed by atoms with van der Waals surface area (Å²) in [5.74, 6) is -0.160. The molecule has 0 aromatic heterocycles. The van der Waals surface area contributed by atoms with Gasteiger partial charge in [-0.3, -0.25) is 4.79 Å². The highest BCUT2D eigenvalue weighted by Gasteiger charge is 2.02. The van der Waals surface area contributed by atoms with Gasteiger partial charge >= 0.3 is 5.97 Å². The molecule has 0 bridgehead atoms. The Hall–Kier alpha value is -0.610. The number of carbonyl (C=O) groups excluding carboxylic acids is 1. The lowest BCUT2D eigenvalue weighted by atomic mass is 10.3. The van der Waals surface area contributed by atoms with Crippen molar-refractivity contribution in [1.82, 2.24) is 5.32 Å². The summed E-state index contributed by atoms with van der Waals surface area (Å²) in [6, 6.07) is 0.408. The van der Waals surface area contributed by atoms with Gasteiger partial charge in [0.2, 0.25) is 0 Å². The fourth-order valence-corrected chi connectivity index (χ4v) is 1.10. The Balaban J connectivity index is 3.17. The summed E-state index contributed by atoms with van der Waals surface area (Å²) in [6.45, 7) is 8.51. The van der Waals surface area contributed by atoms with Crippen molar-refractivity contribution in [3.8, 4) is 0 Å². The van der Waals surface area contributed by atoms with Crippen molar-refractivity contribution in [2.75, 3.05) is 26.4 Å². The zero-order valence-corrected chi connectivity index (χ0v) is 10.8. The molecule has 1 N–H and O–H groups in total. The lowest BCUT2D eigenvalue weighted by Gasteiger charge is -2.08. The van der Waals surface area contributed by atoms with Gasteiger partial charge in [-0.05, 0) is 6.42 Å². The lowest BCUT2D eigenvalue weighted by molar-refractivity contribution is -0.145. The highest BCUT2D eigenvalue weighted by Crippen LogP contribution is 1.90. The molecule has 0 rings (SSSR count). The summed E-state index contributed by atoms with van der Waals surface area (Å²) >= 11 is 0. The first kappa shape index (κ1) is 15.4. The summed E-state index contributed by atoms with van der Waals surface area (Å²) in [5.41, 5.74) is 0. The van der Waals surface area contributed by atoms with Crippen LogP contribution >= 0.6 is 0 Å². The zero-order valence-electron chi connectivity index (χ0n) is 10.8. The SMILES string of the molecule is CCCCOCCOC(=O)CCNC(C)C. The molecule has 0 aliphatic rings. The molecule has 0 unspecified atom stereocenters. The van der Waals surface area contributed by atoms with Crippen molar-refractivity contribution in [2.45, 2.75) is 46.1 Å². The van der Waals surface area contributed by atoms with Crippen LogP contribution in [0.1, 0.15) is 40.0 Å². The van der Waals surface area contributed by atoms with Crippen molar-refractivity contribution < 1.29 is 14.3 Å². The van der Waals surface area contributed by atoms with Crippen LogP contribution < -0.4 is 5.32 Å². The van der Waals surface area contributed by atoms with Gasteiger partial charge in [0.05, 0.1) is 13.0 Å². The summed E-state index contributed by atoms with van der Waals surface area (Å²) in [4.78, 5) is 11.2. The highest BCUT2D eigenvalue weighted by atomic mass is 16.6. The van der Waals surface area contributed by atoms with Crippen molar-refractivity contribution in [2.24, 2.45) is 0 Å². The minimum atomic E-state index is -0.160. The van der Waals surface area contributed by atoms with Crippen molar-refractivity contribution >= 4 is 5.97 Å². The first-order valence-corrected chi connectivity index (χ1v) is 6.13. The average Bonchev–Trinajstić information content (AvgIpc) is 2.22. The normalized spacial score (nSPS) is 10.8. The molecule has 0 amide bonds. The Morgan fingerprint density at radius 2 is 2.00 bits per heavy atom. The number of rotatable bonds is 10. The number of carbonyl (C=O) groups is 1. The number of ether oxygens (including phenoxy) is 2. The Kier molecular flexibility index (Phi) is 10.5. The van der Waals surface area contributed by atoms with Crippen LogP contribution in [0, 0.1) is 0 Å². The van der Waals surface area contributed by atoms with Crippen LogP contribution in [0.15, 0.2) is 0 Å². The van der Waals surface area contributed by atoms with Gasteiger partial charge in [0.1, 0.15) is 6.61 Å². The fraction of sp³-hybridized carbons (Fsp3) is 0.917. The summed E-state index contributed by atoms with van der Waals surface area (Å²) in [6.07, 6.45) is 2.61. The van der Waals surface area contributed by atoms with E-state index < -0.39 is 0 Å².